The maximum atomic E-state index is 15.4. The lowest BCUT2D eigenvalue weighted by Gasteiger charge is -2.25. The number of aryl methyl sites for hydroxylation is 1. The van der Waals surface area contributed by atoms with Crippen LogP contribution in [-0.2, 0) is 11.8 Å². The average Bonchev–Trinajstić information content (AvgIpc) is 3.32. The van der Waals surface area contributed by atoms with E-state index < -0.39 is 11.7 Å². The summed E-state index contributed by atoms with van der Waals surface area (Å²) in [6.45, 7) is -0.461. The number of hydrogen-bond donors (Lipinski definition) is 2. The van der Waals surface area contributed by atoms with E-state index in [4.69, 9.17) is 14.6 Å². The fraction of sp³-hybridized carbons (Fsp3) is 0.261. The van der Waals surface area contributed by atoms with Crippen molar-refractivity contribution in [2.45, 2.75) is 0 Å². The second kappa shape index (κ2) is 10.3. The van der Waals surface area contributed by atoms with Gasteiger partial charge in [-0.25, -0.2) is 14.4 Å². The minimum Gasteiger partial charge on any atom is -0.497 e. The van der Waals surface area contributed by atoms with Gasteiger partial charge in [0.2, 0.25) is 5.91 Å². The number of hydrogen-bond acceptors (Lipinski definition) is 9. The number of nitrogens with one attached hydrogen (secondary N) is 1. The summed E-state index contributed by atoms with van der Waals surface area (Å²) < 4.78 is 27.5. The monoisotopic (exact) mass is 481 g/mol. The molecule has 12 heteroatoms. The van der Waals surface area contributed by atoms with Crippen LogP contribution in [0.25, 0.3) is 22.4 Å². The number of anilines is 2. The zero-order chi connectivity index (χ0) is 24.9. The molecule has 0 aliphatic heterocycles. The molecule has 0 fully saturated rings. The first-order chi connectivity index (χ1) is 16.9. The molecule has 0 aliphatic rings. The number of ether oxygens (including phenoxy) is 2. The molecule has 0 unspecified atom stereocenters. The van der Waals surface area contributed by atoms with Crippen LogP contribution in [-0.4, -0.2) is 69.7 Å². The predicted octanol–water partition coefficient (Wildman–Crippen LogP) is 1.83. The number of fused-ring (bicyclic) bond motifs is 1. The summed E-state index contributed by atoms with van der Waals surface area (Å²) >= 11 is 0. The van der Waals surface area contributed by atoms with Gasteiger partial charge in [0.15, 0.2) is 17.2 Å². The minimum absolute atomic E-state index is 0.0172. The van der Waals surface area contributed by atoms with Gasteiger partial charge in [0, 0.05) is 37.5 Å². The molecule has 3 aromatic heterocycles. The summed E-state index contributed by atoms with van der Waals surface area (Å²) in [5.74, 6) is -0.612. The number of rotatable bonds is 9. The molecule has 0 spiro atoms. The maximum absolute atomic E-state index is 15.4. The smallest absolute Gasteiger partial charge is 0.240 e. The highest BCUT2D eigenvalue weighted by atomic mass is 19.1. The average molecular weight is 481 g/mol. The highest BCUT2D eigenvalue weighted by molar-refractivity contribution is 5.85. The van der Waals surface area contributed by atoms with Crippen LogP contribution in [0.15, 0.2) is 42.9 Å². The molecule has 4 aromatic rings. The molecule has 4 rings (SSSR count). The van der Waals surface area contributed by atoms with Crippen molar-refractivity contribution in [3.63, 3.8) is 0 Å². The Morgan fingerprint density at radius 1 is 1.20 bits per heavy atom. The Morgan fingerprint density at radius 2 is 2.03 bits per heavy atom. The fourth-order valence-electron chi connectivity index (χ4n) is 3.44. The van der Waals surface area contributed by atoms with Crippen LogP contribution in [0.4, 0.5) is 15.9 Å². The first kappa shape index (κ1) is 23.8. The summed E-state index contributed by atoms with van der Waals surface area (Å²) in [6, 6.07) is 6.15. The van der Waals surface area contributed by atoms with Crippen LogP contribution in [0.3, 0.4) is 0 Å². The van der Waals surface area contributed by atoms with Gasteiger partial charge in [0.1, 0.15) is 23.6 Å². The SMILES string of the molecule is COc1cc(OC)c(F)c(N(CC(=O)NCCO)c2ccc3ncc(-c4cnn(C)c4)nc3n2)c1. The van der Waals surface area contributed by atoms with Crippen LogP contribution < -0.4 is 19.7 Å². The highest BCUT2D eigenvalue weighted by Gasteiger charge is 2.23. The Bertz CT molecular complexity index is 1360. The van der Waals surface area contributed by atoms with E-state index in [0.29, 0.717) is 22.6 Å². The van der Waals surface area contributed by atoms with Crippen molar-refractivity contribution >= 4 is 28.6 Å². The third-order valence-electron chi connectivity index (χ3n) is 5.14. The van der Waals surface area contributed by atoms with Crippen molar-refractivity contribution in [2.75, 3.05) is 38.8 Å². The maximum Gasteiger partial charge on any atom is 0.240 e. The number of aliphatic hydroxyl groups excluding tert-OH is 1. The largest absolute Gasteiger partial charge is 0.497 e. The van der Waals surface area contributed by atoms with Crippen LogP contribution in [0.1, 0.15) is 0 Å². The third kappa shape index (κ3) is 5.11. The quantitative estimate of drug-likeness (QED) is 0.368. The molecule has 1 amide bonds. The number of nitrogens with zero attached hydrogens (tertiary/aromatic N) is 6. The van der Waals surface area contributed by atoms with Crippen molar-refractivity contribution < 1.29 is 23.8 Å². The fourth-order valence-corrected chi connectivity index (χ4v) is 3.44. The van der Waals surface area contributed by atoms with Gasteiger partial charge in [-0.05, 0) is 12.1 Å². The zero-order valence-corrected chi connectivity index (χ0v) is 19.4. The van der Waals surface area contributed by atoms with Crippen molar-refractivity contribution in [3.8, 4) is 22.8 Å². The van der Waals surface area contributed by atoms with E-state index in [1.54, 1.807) is 42.5 Å². The molecular formula is C23H24FN7O4. The lowest BCUT2D eigenvalue weighted by molar-refractivity contribution is -0.119. The first-order valence-electron chi connectivity index (χ1n) is 10.6. The standard InChI is InChI=1S/C23H24FN7O4/c1-30-12-14(10-27-30)17-11-26-16-4-5-20(29-23(16)28-17)31(13-21(33)25-6-7-32)18-8-15(34-2)9-19(35-3)22(18)24/h4-5,8-12,32H,6-7,13H2,1-3H3,(H,25,33). The van der Waals surface area contributed by atoms with Crippen LogP contribution in [0.2, 0.25) is 0 Å². The predicted molar refractivity (Wildman–Crippen MR) is 126 cm³/mol. The molecule has 11 nitrogen and oxygen atoms in total. The van der Waals surface area contributed by atoms with E-state index in [1.165, 1.54) is 31.3 Å². The van der Waals surface area contributed by atoms with Gasteiger partial charge in [-0.3, -0.25) is 14.5 Å². The van der Waals surface area contributed by atoms with E-state index in [2.05, 4.69) is 25.4 Å². The van der Waals surface area contributed by atoms with E-state index in [1.807, 2.05) is 0 Å². The van der Waals surface area contributed by atoms with E-state index in [-0.39, 0.29) is 37.0 Å². The molecule has 35 heavy (non-hydrogen) atoms. The molecular weight excluding hydrogens is 457 g/mol. The number of carbonyl (C=O) groups is 1. The summed E-state index contributed by atoms with van der Waals surface area (Å²) in [4.78, 5) is 27.5. The second-order valence-electron chi connectivity index (χ2n) is 7.49. The second-order valence-corrected chi connectivity index (χ2v) is 7.49. The Morgan fingerprint density at radius 3 is 2.71 bits per heavy atom. The molecule has 1 aromatic carbocycles. The lowest BCUT2D eigenvalue weighted by Crippen LogP contribution is -2.37. The van der Waals surface area contributed by atoms with Crippen molar-refractivity contribution in [1.29, 1.82) is 0 Å². The Balaban J connectivity index is 1.82. The van der Waals surface area contributed by atoms with Gasteiger partial charge in [0.05, 0.1) is 44.6 Å². The van der Waals surface area contributed by atoms with Crippen LogP contribution in [0, 0.1) is 5.82 Å². The number of aliphatic hydroxyl groups is 1. The molecule has 2 N–H and O–H groups in total. The summed E-state index contributed by atoms with van der Waals surface area (Å²) in [5, 5.41) is 15.8. The summed E-state index contributed by atoms with van der Waals surface area (Å²) in [7, 11) is 4.58. The molecule has 0 saturated carbocycles. The number of aromatic nitrogens is 5. The normalized spacial score (nSPS) is 10.9. The van der Waals surface area contributed by atoms with Gasteiger partial charge in [-0.15, -0.1) is 0 Å². The van der Waals surface area contributed by atoms with Gasteiger partial charge >= 0.3 is 0 Å². The van der Waals surface area contributed by atoms with Crippen LogP contribution in [0.5, 0.6) is 11.5 Å². The molecule has 0 bridgehead atoms. The number of amides is 1. The molecule has 3 heterocycles. The summed E-state index contributed by atoms with van der Waals surface area (Å²) in [6.07, 6.45) is 5.08. The topological polar surface area (TPSA) is 128 Å². The molecule has 0 radical (unpaired) electrons. The number of pyridine rings is 1. The van der Waals surface area contributed by atoms with Crippen molar-refractivity contribution in [2.24, 2.45) is 7.05 Å². The number of benzene rings is 1. The third-order valence-corrected chi connectivity index (χ3v) is 5.14. The zero-order valence-electron chi connectivity index (χ0n) is 19.4. The summed E-state index contributed by atoms with van der Waals surface area (Å²) in [5.41, 5.74) is 2.17. The van der Waals surface area contributed by atoms with E-state index in [9.17, 15) is 4.79 Å². The van der Waals surface area contributed by atoms with Gasteiger partial charge in [-0.2, -0.15) is 5.10 Å². The molecule has 0 atom stereocenters. The lowest BCUT2D eigenvalue weighted by atomic mass is 10.2. The Labute approximate surface area is 200 Å². The van der Waals surface area contributed by atoms with E-state index in [0.717, 1.165) is 5.56 Å². The van der Waals surface area contributed by atoms with E-state index >= 15 is 4.39 Å². The molecule has 0 aliphatic carbocycles. The van der Waals surface area contributed by atoms with Crippen LogP contribution >= 0.6 is 0 Å². The molecule has 0 saturated heterocycles. The van der Waals surface area contributed by atoms with Gasteiger partial charge < -0.3 is 24.8 Å². The Kier molecular flexibility index (Phi) is 7.01. The van der Waals surface area contributed by atoms with Crippen molar-refractivity contribution in [3.05, 3.63) is 48.7 Å². The molecule has 182 valence electrons. The Hall–Kier alpha value is -4.32. The number of carbonyl (C=O) groups excluding carboxylic acids is 1. The van der Waals surface area contributed by atoms with Gasteiger partial charge in [-0.1, -0.05) is 0 Å². The number of halogens is 1. The van der Waals surface area contributed by atoms with Crippen molar-refractivity contribution in [1.82, 2.24) is 30.0 Å². The minimum atomic E-state index is -0.694. The van der Waals surface area contributed by atoms with Gasteiger partial charge in [0.25, 0.3) is 0 Å². The number of methoxy groups -OCH3 is 2. The highest BCUT2D eigenvalue weighted by Crippen LogP contribution is 2.36. The first-order valence-corrected chi connectivity index (χ1v) is 10.6.